The number of benzene rings is 2. The van der Waals surface area contributed by atoms with Crippen LogP contribution in [0.25, 0.3) is 0 Å². The number of hydrogen-bond acceptors (Lipinski definition) is 2. The van der Waals surface area contributed by atoms with Crippen LogP contribution in [0.4, 0.5) is 14.5 Å². The van der Waals surface area contributed by atoms with E-state index in [1.807, 2.05) is 30.5 Å². The van der Waals surface area contributed by atoms with E-state index < -0.39 is 11.6 Å². The van der Waals surface area contributed by atoms with Gasteiger partial charge < -0.3 is 5.32 Å². The average molecular weight is 307 g/mol. The fraction of sp³-hybridized carbons (Fsp3) is 0.188. The summed E-state index contributed by atoms with van der Waals surface area (Å²) in [7, 11) is 0. The van der Waals surface area contributed by atoms with Gasteiger partial charge in [-0.25, -0.2) is 8.78 Å². The van der Waals surface area contributed by atoms with Crippen molar-refractivity contribution in [2.24, 2.45) is 0 Å². The van der Waals surface area contributed by atoms with Gasteiger partial charge in [-0.3, -0.25) is 4.79 Å². The van der Waals surface area contributed by atoms with Gasteiger partial charge in [-0.05, 0) is 48.6 Å². The van der Waals surface area contributed by atoms with Gasteiger partial charge in [0.1, 0.15) is 0 Å². The van der Waals surface area contributed by atoms with E-state index in [1.54, 1.807) is 11.8 Å². The molecule has 2 aromatic rings. The van der Waals surface area contributed by atoms with E-state index in [0.717, 1.165) is 22.7 Å². The van der Waals surface area contributed by atoms with Crippen LogP contribution in [0.2, 0.25) is 0 Å². The molecule has 0 unspecified atom stereocenters. The molecule has 2 rings (SSSR count). The van der Waals surface area contributed by atoms with Gasteiger partial charge in [0, 0.05) is 17.0 Å². The Morgan fingerprint density at radius 1 is 1.14 bits per heavy atom. The van der Waals surface area contributed by atoms with Crippen LogP contribution in [0, 0.1) is 11.6 Å². The topological polar surface area (TPSA) is 29.1 Å². The minimum atomic E-state index is -0.888. The minimum absolute atomic E-state index is 0.155. The van der Waals surface area contributed by atoms with E-state index in [9.17, 15) is 13.6 Å². The lowest BCUT2D eigenvalue weighted by Crippen LogP contribution is -2.12. The molecule has 0 aliphatic rings. The third-order valence-electron chi connectivity index (χ3n) is 2.98. The molecule has 1 N–H and O–H groups in total. The summed E-state index contributed by atoms with van der Waals surface area (Å²) >= 11 is 1.59. The SMILES string of the molecule is CSc1cccc(NC(=O)CCc2ccc(F)c(F)c2)c1. The summed E-state index contributed by atoms with van der Waals surface area (Å²) < 4.78 is 25.9. The van der Waals surface area contributed by atoms with Crippen LogP contribution in [0.3, 0.4) is 0 Å². The zero-order chi connectivity index (χ0) is 15.2. The molecule has 2 aromatic carbocycles. The molecular weight excluding hydrogens is 292 g/mol. The van der Waals surface area contributed by atoms with Gasteiger partial charge in [0.2, 0.25) is 5.91 Å². The maximum atomic E-state index is 13.1. The van der Waals surface area contributed by atoms with Crippen molar-refractivity contribution in [3.05, 3.63) is 59.7 Å². The fourth-order valence-corrected chi connectivity index (χ4v) is 2.34. The van der Waals surface area contributed by atoms with E-state index >= 15 is 0 Å². The Bertz CT molecular complexity index is 646. The van der Waals surface area contributed by atoms with E-state index in [1.165, 1.54) is 6.07 Å². The molecule has 0 saturated carbocycles. The second-order valence-electron chi connectivity index (χ2n) is 4.53. The molecule has 0 saturated heterocycles. The first-order chi connectivity index (χ1) is 10.1. The lowest BCUT2D eigenvalue weighted by Gasteiger charge is -2.07. The van der Waals surface area contributed by atoms with Crippen molar-refractivity contribution in [1.29, 1.82) is 0 Å². The molecule has 2 nitrogen and oxygen atoms in total. The van der Waals surface area contributed by atoms with Crippen LogP contribution in [-0.4, -0.2) is 12.2 Å². The Morgan fingerprint density at radius 2 is 1.95 bits per heavy atom. The second-order valence-corrected chi connectivity index (χ2v) is 5.41. The fourth-order valence-electron chi connectivity index (χ4n) is 1.88. The molecule has 0 radical (unpaired) electrons. The molecule has 0 heterocycles. The highest BCUT2D eigenvalue weighted by Gasteiger charge is 2.06. The van der Waals surface area contributed by atoms with Gasteiger partial charge in [0.05, 0.1) is 0 Å². The summed E-state index contributed by atoms with van der Waals surface area (Å²) in [6.07, 6.45) is 2.55. The highest BCUT2D eigenvalue weighted by atomic mass is 32.2. The van der Waals surface area contributed by atoms with Crippen LogP contribution >= 0.6 is 11.8 Å². The van der Waals surface area contributed by atoms with Crippen LogP contribution in [0.5, 0.6) is 0 Å². The van der Waals surface area contributed by atoms with E-state index in [0.29, 0.717) is 12.0 Å². The van der Waals surface area contributed by atoms with Crippen molar-refractivity contribution in [1.82, 2.24) is 0 Å². The molecule has 21 heavy (non-hydrogen) atoms. The maximum Gasteiger partial charge on any atom is 0.224 e. The number of carbonyl (C=O) groups excluding carboxylic acids is 1. The van der Waals surface area contributed by atoms with Crippen molar-refractivity contribution >= 4 is 23.4 Å². The molecule has 5 heteroatoms. The molecular formula is C16H15F2NOS. The van der Waals surface area contributed by atoms with E-state index in [2.05, 4.69) is 5.32 Å². The number of aryl methyl sites for hydroxylation is 1. The molecule has 0 spiro atoms. The summed E-state index contributed by atoms with van der Waals surface area (Å²) in [6.45, 7) is 0. The largest absolute Gasteiger partial charge is 0.326 e. The Kier molecular flexibility index (Phi) is 5.33. The maximum absolute atomic E-state index is 13.1. The summed E-state index contributed by atoms with van der Waals surface area (Å²) in [4.78, 5) is 12.9. The summed E-state index contributed by atoms with van der Waals surface area (Å²) in [5.74, 6) is -1.92. The summed E-state index contributed by atoms with van der Waals surface area (Å²) in [5, 5.41) is 2.79. The van der Waals surface area contributed by atoms with E-state index in [4.69, 9.17) is 0 Å². The summed E-state index contributed by atoms with van der Waals surface area (Å²) in [6, 6.07) is 11.2. The van der Waals surface area contributed by atoms with Crippen molar-refractivity contribution in [3.8, 4) is 0 Å². The van der Waals surface area contributed by atoms with E-state index in [-0.39, 0.29) is 12.3 Å². The third kappa shape index (κ3) is 4.56. The van der Waals surface area contributed by atoms with Crippen LogP contribution in [0.1, 0.15) is 12.0 Å². The number of thioether (sulfide) groups is 1. The van der Waals surface area contributed by atoms with Crippen molar-refractivity contribution in [3.63, 3.8) is 0 Å². The zero-order valence-electron chi connectivity index (χ0n) is 11.5. The molecule has 110 valence electrons. The van der Waals surface area contributed by atoms with Gasteiger partial charge in [-0.15, -0.1) is 11.8 Å². The van der Waals surface area contributed by atoms with Gasteiger partial charge >= 0.3 is 0 Å². The normalized spacial score (nSPS) is 10.4. The molecule has 0 aromatic heterocycles. The smallest absolute Gasteiger partial charge is 0.224 e. The second kappa shape index (κ2) is 7.22. The van der Waals surface area contributed by atoms with Gasteiger partial charge in [0.15, 0.2) is 11.6 Å². The van der Waals surface area contributed by atoms with Crippen LogP contribution in [0.15, 0.2) is 47.4 Å². The number of amides is 1. The van der Waals surface area contributed by atoms with Crippen molar-refractivity contribution < 1.29 is 13.6 Å². The van der Waals surface area contributed by atoms with Crippen molar-refractivity contribution in [2.45, 2.75) is 17.7 Å². The molecule has 0 bridgehead atoms. The molecule has 0 atom stereocenters. The number of carbonyl (C=O) groups is 1. The predicted molar refractivity (Wildman–Crippen MR) is 81.5 cm³/mol. The number of rotatable bonds is 5. The standard InChI is InChI=1S/C16H15F2NOS/c1-21-13-4-2-3-12(10-13)19-16(20)8-6-11-5-7-14(17)15(18)9-11/h2-5,7,9-10H,6,8H2,1H3,(H,19,20). The van der Waals surface area contributed by atoms with Crippen LogP contribution < -0.4 is 5.32 Å². The number of anilines is 1. The first-order valence-electron chi connectivity index (χ1n) is 6.46. The molecule has 0 aliphatic heterocycles. The Balaban J connectivity index is 1.90. The van der Waals surface area contributed by atoms with Crippen LogP contribution in [-0.2, 0) is 11.2 Å². The number of hydrogen-bond donors (Lipinski definition) is 1. The quantitative estimate of drug-likeness (QED) is 0.836. The summed E-state index contributed by atoms with van der Waals surface area (Å²) in [5.41, 5.74) is 1.33. The Morgan fingerprint density at radius 3 is 2.67 bits per heavy atom. The predicted octanol–water partition coefficient (Wildman–Crippen LogP) is 4.26. The highest BCUT2D eigenvalue weighted by Crippen LogP contribution is 2.19. The van der Waals surface area contributed by atoms with Gasteiger partial charge in [-0.1, -0.05) is 12.1 Å². The monoisotopic (exact) mass is 307 g/mol. The van der Waals surface area contributed by atoms with Gasteiger partial charge in [0.25, 0.3) is 0 Å². The lowest BCUT2D eigenvalue weighted by molar-refractivity contribution is -0.116. The Hall–Kier alpha value is -1.88. The number of nitrogens with one attached hydrogen (secondary N) is 1. The first-order valence-corrected chi connectivity index (χ1v) is 7.69. The molecule has 1 amide bonds. The molecule has 0 aliphatic carbocycles. The first kappa shape index (κ1) is 15.5. The Labute approximate surface area is 126 Å². The minimum Gasteiger partial charge on any atom is -0.326 e. The highest BCUT2D eigenvalue weighted by molar-refractivity contribution is 7.98. The van der Waals surface area contributed by atoms with Crippen molar-refractivity contribution in [2.75, 3.05) is 11.6 Å². The lowest BCUT2D eigenvalue weighted by atomic mass is 10.1. The average Bonchev–Trinajstić information content (AvgIpc) is 2.48. The van der Waals surface area contributed by atoms with Gasteiger partial charge in [-0.2, -0.15) is 0 Å². The zero-order valence-corrected chi connectivity index (χ0v) is 12.3. The number of halogens is 2. The molecule has 0 fully saturated rings. The third-order valence-corrected chi connectivity index (χ3v) is 3.70.